The van der Waals surface area contributed by atoms with Gasteiger partial charge < -0.3 is 0 Å². The third-order valence-corrected chi connectivity index (χ3v) is 3.17. The molecule has 0 nitrogen and oxygen atoms in total. The standard InChI is InChI=1S/C12H14I/c1-8(2)10-5-11(9-3-4-9)7-12(13)6-10/h5-7,9H,3-4H2,1-2H3. The summed E-state index contributed by atoms with van der Waals surface area (Å²) in [5, 5.41) is 0. The summed E-state index contributed by atoms with van der Waals surface area (Å²) in [4.78, 5) is 0. The van der Waals surface area contributed by atoms with Crippen molar-refractivity contribution in [1.29, 1.82) is 0 Å². The quantitative estimate of drug-likeness (QED) is 0.717. The molecule has 0 unspecified atom stereocenters. The molecule has 1 aromatic carbocycles. The van der Waals surface area contributed by atoms with Crippen LogP contribution in [0.3, 0.4) is 0 Å². The lowest BCUT2D eigenvalue weighted by Crippen LogP contribution is -1.92. The first kappa shape index (κ1) is 9.50. The topological polar surface area (TPSA) is 0 Å². The van der Waals surface area contributed by atoms with E-state index in [0.29, 0.717) is 0 Å². The highest BCUT2D eigenvalue weighted by molar-refractivity contribution is 14.1. The van der Waals surface area contributed by atoms with Gasteiger partial charge in [-0.25, -0.2) is 0 Å². The summed E-state index contributed by atoms with van der Waals surface area (Å²) in [6, 6.07) is 6.95. The molecule has 0 aromatic heterocycles. The van der Waals surface area contributed by atoms with E-state index in [4.69, 9.17) is 0 Å². The molecule has 1 aliphatic rings. The summed E-state index contributed by atoms with van der Waals surface area (Å²) in [5.41, 5.74) is 2.96. The Morgan fingerprint density at radius 2 is 1.92 bits per heavy atom. The SMILES string of the molecule is C[C](C)c1cc(I)cc(C2CC2)c1. The van der Waals surface area contributed by atoms with Gasteiger partial charge in [-0.1, -0.05) is 19.9 Å². The zero-order valence-electron chi connectivity index (χ0n) is 8.10. The van der Waals surface area contributed by atoms with E-state index < -0.39 is 0 Å². The van der Waals surface area contributed by atoms with Crippen molar-refractivity contribution in [2.75, 3.05) is 0 Å². The fourth-order valence-electron chi connectivity index (χ4n) is 1.55. The molecule has 0 amide bonds. The van der Waals surface area contributed by atoms with Gasteiger partial charge in [0.1, 0.15) is 0 Å². The second kappa shape index (κ2) is 3.60. The zero-order chi connectivity index (χ0) is 9.42. The Kier molecular flexibility index (Phi) is 2.63. The molecule has 0 bridgehead atoms. The van der Waals surface area contributed by atoms with Gasteiger partial charge in [-0.2, -0.15) is 0 Å². The van der Waals surface area contributed by atoms with Gasteiger partial charge >= 0.3 is 0 Å². The van der Waals surface area contributed by atoms with Crippen molar-refractivity contribution in [2.24, 2.45) is 0 Å². The number of hydrogen-bond donors (Lipinski definition) is 0. The average molecular weight is 285 g/mol. The molecule has 2 rings (SSSR count). The van der Waals surface area contributed by atoms with Crippen molar-refractivity contribution >= 4 is 22.6 Å². The third kappa shape index (κ3) is 2.25. The van der Waals surface area contributed by atoms with Gasteiger partial charge in [0.25, 0.3) is 0 Å². The van der Waals surface area contributed by atoms with Crippen LogP contribution in [0.1, 0.15) is 43.7 Å². The van der Waals surface area contributed by atoms with Crippen LogP contribution in [0.2, 0.25) is 0 Å². The van der Waals surface area contributed by atoms with Crippen molar-refractivity contribution in [3.05, 3.63) is 38.8 Å². The summed E-state index contributed by atoms with van der Waals surface area (Å²) >= 11 is 2.41. The summed E-state index contributed by atoms with van der Waals surface area (Å²) < 4.78 is 1.37. The first-order chi connectivity index (χ1) is 6.16. The Hall–Kier alpha value is -0.0500. The molecule has 13 heavy (non-hydrogen) atoms. The van der Waals surface area contributed by atoms with Crippen molar-refractivity contribution in [3.63, 3.8) is 0 Å². The van der Waals surface area contributed by atoms with Crippen LogP contribution in [0, 0.1) is 9.49 Å². The van der Waals surface area contributed by atoms with Crippen LogP contribution in [-0.4, -0.2) is 0 Å². The van der Waals surface area contributed by atoms with Gasteiger partial charge in [-0.15, -0.1) is 0 Å². The smallest absolute Gasteiger partial charge is 0.0136 e. The Morgan fingerprint density at radius 1 is 1.23 bits per heavy atom. The molecule has 0 aliphatic heterocycles. The minimum Gasteiger partial charge on any atom is -0.0550 e. The molecule has 1 fully saturated rings. The molecule has 0 saturated heterocycles. The van der Waals surface area contributed by atoms with Crippen LogP contribution >= 0.6 is 22.6 Å². The predicted octanol–water partition coefficient (Wildman–Crippen LogP) is 4.13. The molecule has 69 valence electrons. The molecule has 0 spiro atoms. The maximum atomic E-state index is 2.41. The summed E-state index contributed by atoms with van der Waals surface area (Å²) in [6.07, 6.45) is 2.78. The minimum atomic E-state index is 0.868. The predicted molar refractivity (Wildman–Crippen MR) is 64.8 cm³/mol. The molecule has 0 heterocycles. The molecule has 1 radical (unpaired) electrons. The average Bonchev–Trinajstić information content (AvgIpc) is 2.85. The van der Waals surface area contributed by atoms with Gasteiger partial charge in [0.05, 0.1) is 0 Å². The van der Waals surface area contributed by atoms with Crippen LogP contribution in [0.5, 0.6) is 0 Å². The van der Waals surface area contributed by atoms with E-state index in [1.807, 2.05) is 0 Å². The lowest BCUT2D eigenvalue weighted by molar-refractivity contribution is 1.08. The maximum Gasteiger partial charge on any atom is 0.0136 e. The number of halogens is 1. The van der Waals surface area contributed by atoms with Gasteiger partial charge in [0, 0.05) is 3.57 Å². The van der Waals surface area contributed by atoms with Gasteiger partial charge in [-0.3, -0.25) is 0 Å². The molecule has 1 saturated carbocycles. The van der Waals surface area contributed by atoms with E-state index in [1.54, 1.807) is 5.56 Å². The summed E-state index contributed by atoms with van der Waals surface area (Å²) in [7, 11) is 0. The van der Waals surface area contributed by atoms with E-state index in [1.165, 1.54) is 27.9 Å². The second-order valence-electron chi connectivity index (χ2n) is 4.05. The normalized spacial score (nSPS) is 16.6. The number of rotatable bonds is 2. The second-order valence-corrected chi connectivity index (χ2v) is 5.29. The molecular formula is C12H14I. The Morgan fingerprint density at radius 3 is 2.46 bits per heavy atom. The molecule has 0 atom stereocenters. The van der Waals surface area contributed by atoms with E-state index in [-0.39, 0.29) is 0 Å². The fourth-order valence-corrected chi connectivity index (χ4v) is 2.25. The van der Waals surface area contributed by atoms with Crippen molar-refractivity contribution in [3.8, 4) is 0 Å². The fraction of sp³-hybridized carbons (Fsp3) is 0.417. The molecule has 1 aromatic rings. The number of benzene rings is 1. The lowest BCUT2D eigenvalue weighted by atomic mass is 9.99. The van der Waals surface area contributed by atoms with Crippen LogP contribution in [-0.2, 0) is 0 Å². The number of hydrogen-bond acceptors (Lipinski definition) is 0. The van der Waals surface area contributed by atoms with Crippen molar-refractivity contribution < 1.29 is 0 Å². The van der Waals surface area contributed by atoms with E-state index in [2.05, 4.69) is 54.6 Å². The Bertz CT molecular complexity index is 291. The minimum absolute atomic E-state index is 0.868. The van der Waals surface area contributed by atoms with Gasteiger partial charge in [0.2, 0.25) is 0 Å². The van der Waals surface area contributed by atoms with E-state index in [0.717, 1.165) is 5.92 Å². The van der Waals surface area contributed by atoms with Gasteiger partial charge in [0.15, 0.2) is 0 Å². The van der Waals surface area contributed by atoms with Gasteiger partial charge in [-0.05, 0) is 70.5 Å². The van der Waals surface area contributed by atoms with E-state index in [9.17, 15) is 0 Å². The van der Waals surface area contributed by atoms with Crippen LogP contribution < -0.4 is 0 Å². The van der Waals surface area contributed by atoms with E-state index >= 15 is 0 Å². The van der Waals surface area contributed by atoms with Crippen LogP contribution in [0.4, 0.5) is 0 Å². The van der Waals surface area contributed by atoms with Crippen LogP contribution in [0.25, 0.3) is 0 Å². The lowest BCUT2D eigenvalue weighted by Gasteiger charge is -2.08. The highest BCUT2D eigenvalue weighted by atomic mass is 127. The van der Waals surface area contributed by atoms with Crippen LogP contribution in [0.15, 0.2) is 18.2 Å². The molecule has 0 N–H and O–H groups in total. The highest BCUT2D eigenvalue weighted by Crippen LogP contribution is 2.41. The molecular weight excluding hydrogens is 271 g/mol. The van der Waals surface area contributed by atoms with Crippen molar-refractivity contribution in [2.45, 2.75) is 32.6 Å². The van der Waals surface area contributed by atoms with Crippen molar-refractivity contribution in [1.82, 2.24) is 0 Å². The summed E-state index contributed by atoms with van der Waals surface area (Å²) in [5.74, 6) is 2.29. The third-order valence-electron chi connectivity index (χ3n) is 2.55. The maximum absolute atomic E-state index is 2.41. The highest BCUT2D eigenvalue weighted by Gasteiger charge is 2.24. The Labute approximate surface area is 93.9 Å². The first-order valence-corrected chi connectivity index (χ1v) is 5.85. The summed E-state index contributed by atoms with van der Waals surface area (Å²) in [6.45, 7) is 4.37. The Balaban J connectivity index is 2.36. The monoisotopic (exact) mass is 285 g/mol. The molecule has 1 aliphatic carbocycles. The largest absolute Gasteiger partial charge is 0.0550 e. The first-order valence-electron chi connectivity index (χ1n) is 4.78. The zero-order valence-corrected chi connectivity index (χ0v) is 10.3. The molecule has 1 heteroatoms.